The third kappa shape index (κ3) is 3.79. The monoisotopic (exact) mass is 406 g/mol. The number of aromatic nitrogens is 3. The highest BCUT2D eigenvalue weighted by molar-refractivity contribution is 7.99. The first-order chi connectivity index (χ1) is 14.1. The molecule has 7 nitrogen and oxygen atoms in total. The summed E-state index contributed by atoms with van der Waals surface area (Å²) in [7, 11) is 0. The number of fused-ring (bicyclic) bond motifs is 1. The van der Waals surface area contributed by atoms with E-state index in [-0.39, 0.29) is 5.91 Å². The highest BCUT2D eigenvalue weighted by atomic mass is 32.2. The summed E-state index contributed by atoms with van der Waals surface area (Å²) in [4.78, 5) is 25.0. The zero-order valence-electron chi connectivity index (χ0n) is 15.9. The number of benzene rings is 2. The summed E-state index contributed by atoms with van der Waals surface area (Å²) in [6, 6.07) is 16.0. The number of nitrogens with one attached hydrogen (secondary N) is 1. The number of hydrogen-bond acceptors (Lipinski definition) is 6. The predicted octanol–water partition coefficient (Wildman–Crippen LogP) is 3.86. The SMILES string of the molecule is CCSc1nnc(C)n1NC(=O)c1ccc(-c2cc3ccccc3oc2=O)cc1. The normalized spacial score (nSPS) is 11.0. The molecule has 1 N–H and O–H groups in total. The minimum atomic E-state index is -0.415. The second-order valence-corrected chi connectivity index (χ2v) is 7.53. The van der Waals surface area contributed by atoms with E-state index in [9.17, 15) is 9.59 Å². The van der Waals surface area contributed by atoms with E-state index in [1.807, 2.05) is 25.1 Å². The van der Waals surface area contributed by atoms with E-state index in [4.69, 9.17) is 4.42 Å². The summed E-state index contributed by atoms with van der Waals surface area (Å²) in [5, 5.41) is 9.53. The first-order valence-electron chi connectivity index (χ1n) is 9.06. The van der Waals surface area contributed by atoms with Crippen LogP contribution in [0.15, 0.2) is 69.0 Å². The summed E-state index contributed by atoms with van der Waals surface area (Å²) in [5.74, 6) is 1.12. The van der Waals surface area contributed by atoms with E-state index in [2.05, 4.69) is 15.6 Å². The molecule has 0 spiro atoms. The number of amides is 1. The van der Waals surface area contributed by atoms with Gasteiger partial charge in [-0.2, -0.15) is 0 Å². The molecule has 0 aliphatic carbocycles. The van der Waals surface area contributed by atoms with Crippen molar-refractivity contribution in [2.45, 2.75) is 19.0 Å². The third-order valence-electron chi connectivity index (χ3n) is 4.38. The predicted molar refractivity (Wildman–Crippen MR) is 113 cm³/mol. The molecule has 0 aliphatic rings. The molecular weight excluding hydrogens is 388 g/mol. The Morgan fingerprint density at radius 1 is 1.14 bits per heavy atom. The van der Waals surface area contributed by atoms with Crippen molar-refractivity contribution in [3.63, 3.8) is 0 Å². The van der Waals surface area contributed by atoms with E-state index in [1.165, 1.54) is 11.8 Å². The van der Waals surface area contributed by atoms with Gasteiger partial charge < -0.3 is 4.42 Å². The van der Waals surface area contributed by atoms with Crippen LogP contribution in [-0.2, 0) is 0 Å². The lowest BCUT2D eigenvalue weighted by atomic mass is 10.0. The van der Waals surface area contributed by atoms with Crippen LogP contribution in [0.2, 0.25) is 0 Å². The molecule has 0 unspecified atom stereocenters. The maximum absolute atomic E-state index is 12.6. The van der Waals surface area contributed by atoms with Gasteiger partial charge in [0.15, 0.2) is 0 Å². The van der Waals surface area contributed by atoms with Gasteiger partial charge >= 0.3 is 5.63 Å². The minimum Gasteiger partial charge on any atom is -0.422 e. The van der Waals surface area contributed by atoms with Crippen molar-refractivity contribution >= 4 is 28.6 Å². The van der Waals surface area contributed by atoms with Crippen molar-refractivity contribution in [3.05, 3.63) is 76.4 Å². The molecule has 2 heterocycles. The zero-order chi connectivity index (χ0) is 20.4. The van der Waals surface area contributed by atoms with Crippen LogP contribution in [-0.4, -0.2) is 26.5 Å². The van der Waals surface area contributed by atoms with E-state index in [1.54, 1.807) is 48.0 Å². The van der Waals surface area contributed by atoms with Crippen molar-refractivity contribution in [1.29, 1.82) is 0 Å². The quantitative estimate of drug-likeness (QED) is 0.400. The van der Waals surface area contributed by atoms with Gasteiger partial charge in [0.25, 0.3) is 5.91 Å². The molecule has 8 heteroatoms. The summed E-state index contributed by atoms with van der Waals surface area (Å²) in [6.45, 7) is 3.78. The van der Waals surface area contributed by atoms with Crippen molar-refractivity contribution < 1.29 is 9.21 Å². The first-order valence-corrected chi connectivity index (χ1v) is 10.0. The first kappa shape index (κ1) is 18.9. The van der Waals surface area contributed by atoms with Gasteiger partial charge in [-0.25, -0.2) is 9.47 Å². The van der Waals surface area contributed by atoms with E-state index in [0.29, 0.717) is 33.3 Å². The topological polar surface area (TPSA) is 90.0 Å². The van der Waals surface area contributed by atoms with Crippen LogP contribution in [0.3, 0.4) is 0 Å². The largest absolute Gasteiger partial charge is 0.422 e. The number of para-hydroxylation sites is 1. The van der Waals surface area contributed by atoms with Gasteiger partial charge in [0.1, 0.15) is 11.4 Å². The lowest BCUT2D eigenvalue weighted by Crippen LogP contribution is -2.24. The lowest BCUT2D eigenvalue weighted by molar-refractivity contribution is 0.101. The molecule has 0 saturated carbocycles. The molecule has 146 valence electrons. The average molecular weight is 406 g/mol. The van der Waals surface area contributed by atoms with Gasteiger partial charge in [-0.1, -0.05) is 49.0 Å². The van der Waals surface area contributed by atoms with Crippen LogP contribution in [0.1, 0.15) is 23.1 Å². The molecule has 0 aliphatic heterocycles. The van der Waals surface area contributed by atoms with Crippen molar-refractivity contribution in [1.82, 2.24) is 14.9 Å². The Balaban J connectivity index is 1.60. The molecule has 2 aromatic carbocycles. The smallest absolute Gasteiger partial charge is 0.344 e. The Kier molecular flexibility index (Phi) is 5.18. The summed E-state index contributed by atoms with van der Waals surface area (Å²) in [6.07, 6.45) is 0. The molecule has 0 bridgehead atoms. The van der Waals surface area contributed by atoms with Crippen LogP contribution in [0.5, 0.6) is 0 Å². The zero-order valence-corrected chi connectivity index (χ0v) is 16.7. The Bertz CT molecular complexity index is 1250. The van der Waals surface area contributed by atoms with Gasteiger partial charge in [-0.3, -0.25) is 10.2 Å². The fourth-order valence-electron chi connectivity index (χ4n) is 2.92. The molecule has 0 saturated heterocycles. The van der Waals surface area contributed by atoms with Crippen LogP contribution < -0.4 is 11.1 Å². The van der Waals surface area contributed by atoms with Crippen LogP contribution in [0.25, 0.3) is 22.1 Å². The molecule has 4 aromatic rings. The van der Waals surface area contributed by atoms with Gasteiger partial charge in [0, 0.05) is 10.9 Å². The van der Waals surface area contributed by atoms with Crippen LogP contribution in [0, 0.1) is 6.92 Å². The van der Waals surface area contributed by atoms with Gasteiger partial charge in [-0.15, -0.1) is 10.2 Å². The highest BCUT2D eigenvalue weighted by Crippen LogP contribution is 2.22. The van der Waals surface area contributed by atoms with Gasteiger partial charge in [0.05, 0.1) is 5.56 Å². The van der Waals surface area contributed by atoms with Crippen LogP contribution in [0.4, 0.5) is 0 Å². The number of hydrogen-bond donors (Lipinski definition) is 1. The molecule has 4 rings (SSSR count). The second kappa shape index (κ2) is 7.92. The molecular formula is C21H18N4O3S. The molecule has 0 fully saturated rings. The Morgan fingerprint density at radius 2 is 1.90 bits per heavy atom. The third-order valence-corrected chi connectivity index (χ3v) is 5.19. The van der Waals surface area contributed by atoms with Gasteiger partial charge in [0.2, 0.25) is 5.16 Å². The summed E-state index contributed by atoms with van der Waals surface area (Å²) < 4.78 is 6.96. The molecule has 0 radical (unpaired) electrons. The number of carbonyl (C=O) groups excluding carboxylic acids is 1. The van der Waals surface area contributed by atoms with Crippen molar-refractivity contribution in [2.24, 2.45) is 0 Å². The minimum absolute atomic E-state index is 0.289. The van der Waals surface area contributed by atoms with E-state index in [0.717, 1.165) is 11.1 Å². The molecule has 2 aromatic heterocycles. The summed E-state index contributed by atoms with van der Waals surface area (Å²) in [5.41, 5.74) is 4.53. The highest BCUT2D eigenvalue weighted by Gasteiger charge is 2.14. The Morgan fingerprint density at radius 3 is 2.66 bits per heavy atom. The number of nitrogens with zero attached hydrogens (tertiary/aromatic N) is 3. The fourth-order valence-corrected chi connectivity index (χ4v) is 3.59. The number of carbonyl (C=O) groups is 1. The average Bonchev–Trinajstić information content (AvgIpc) is 3.07. The fraction of sp³-hybridized carbons (Fsp3) is 0.143. The maximum atomic E-state index is 12.6. The maximum Gasteiger partial charge on any atom is 0.344 e. The Labute approximate surface area is 170 Å². The van der Waals surface area contributed by atoms with Crippen LogP contribution >= 0.6 is 11.8 Å². The second-order valence-electron chi connectivity index (χ2n) is 6.30. The lowest BCUT2D eigenvalue weighted by Gasteiger charge is -2.10. The molecule has 29 heavy (non-hydrogen) atoms. The number of rotatable bonds is 5. The molecule has 1 amide bonds. The van der Waals surface area contributed by atoms with E-state index >= 15 is 0 Å². The van der Waals surface area contributed by atoms with Gasteiger partial charge in [-0.05, 0) is 42.5 Å². The number of aryl methyl sites for hydroxylation is 1. The summed E-state index contributed by atoms with van der Waals surface area (Å²) >= 11 is 1.49. The van der Waals surface area contributed by atoms with Crippen molar-refractivity contribution in [2.75, 3.05) is 11.2 Å². The van der Waals surface area contributed by atoms with Crippen molar-refractivity contribution in [3.8, 4) is 11.1 Å². The standard InChI is InChI=1S/C21H18N4O3S/c1-3-29-21-23-22-13(2)25(21)24-19(26)15-10-8-14(9-11-15)17-12-16-6-4-5-7-18(16)28-20(17)27/h4-12H,3H2,1-2H3,(H,24,26). The Hall–Kier alpha value is -3.39. The van der Waals surface area contributed by atoms with E-state index < -0.39 is 5.63 Å². The molecule has 0 atom stereocenters. The number of thioether (sulfide) groups is 1.